The highest BCUT2D eigenvalue weighted by atomic mass is 32.2. The maximum atomic E-state index is 11.1. The number of aromatic nitrogens is 2. The van der Waals surface area contributed by atoms with Crippen molar-refractivity contribution in [1.82, 2.24) is 9.97 Å². The first-order chi connectivity index (χ1) is 6.49. The summed E-state index contributed by atoms with van der Waals surface area (Å²) < 4.78 is 0. The number of thioether (sulfide) groups is 1. The van der Waals surface area contributed by atoms with Gasteiger partial charge in [0.05, 0.1) is 5.25 Å². The summed E-state index contributed by atoms with van der Waals surface area (Å²) in [7, 11) is 0. The van der Waals surface area contributed by atoms with Crippen LogP contribution in [0, 0.1) is 12.3 Å². The van der Waals surface area contributed by atoms with Crippen molar-refractivity contribution in [3.05, 3.63) is 22.1 Å². The van der Waals surface area contributed by atoms with E-state index in [1.807, 2.05) is 0 Å². The van der Waals surface area contributed by atoms with Gasteiger partial charge in [0.2, 0.25) is 0 Å². The van der Waals surface area contributed by atoms with E-state index in [0.717, 1.165) is 0 Å². The second kappa shape index (κ2) is 4.28. The van der Waals surface area contributed by atoms with E-state index in [1.165, 1.54) is 17.8 Å². The maximum Gasteiger partial charge on any atom is 0.251 e. The topological polar surface area (TPSA) is 95.6 Å². The number of hydrogen-bond donors (Lipinski definition) is 3. The monoisotopic (exact) mass is 212 g/mol. The van der Waals surface area contributed by atoms with Gasteiger partial charge in [-0.2, -0.15) is 0 Å². The summed E-state index contributed by atoms with van der Waals surface area (Å²) in [5.74, 6) is 0.0687. The lowest BCUT2D eigenvalue weighted by Gasteiger charge is -2.07. The summed E-state index contributed by atoms with van der Waals surface area (Å²) in [5, 5.41) is 7.51. The molecule has 0 aliphatic carbocycles. The number of nitrogens with one attached hydrogen (secondary N) is 2. The summed E-state index contributed by atoms with van der Waals surface area (Å²) in [6.07, 6.45) is 0. The van der Waals surface area contributed by atoms with Crippen molar-refractivity contribution in [1.29, 1.82) is 5.41 Å². The SMILES string of the molecule is Cc1cc(=O)[nH]c(SC(C)C(=N)N)n1. The highest BCUT2D eigenvalue weighted by molar-refractivity contribution is 8.00. The number of rotatable bonds is 3. The molecule has 0 aliphatic rings. The molecule has 0 saturated heterocycles. The first-order valence-electron chi connectivity index (χ1n) is 4.07. The van der Waals surface area contributed by atoms with Gasteiger partial charge in [-0.25, -0.2) is 4.98 Å². The molecule has 5 nitrogen and oxygen atoms in total. The molecular weight excluding hydrogens is 200 g/mol. The zero-order valence-corrected chi connectivity index (χ0v) is 8.81. The molecule has 4 N–H and O–H groups in total. The van der Waals surface area contributed by atoms with Crippen LogP contribution < -0.4 is 11.3 Å². The number of aromatic amines is 1. The van der Waals surface area contributed by atoms with Gasteiger partial charge < -0.3 is 10.7 Å². The molecule has 1 aromatic heterocycles. The third kappa shape index (κ3) is 2.88. The minimum absolute atomic E-state index is 0.0687. The van der Waals surface area contributed by atoms with Crippen LogP contribution in [0.2, 0.25) is 0 Å². The smallest absolute Gasteiger partial charge is 0.251 e. The molecule has 14 heavy (non-hydrogen) atoms. The summed E-state index contributed by atoms with van der Waals surface area (Å²) in [6, 6.07) is 1.42. The van der Waals surface area contributed by atoms with Gasteiger partial charge >= 0.3 is 0 Å². The molecule has 0 aliphatic heterocycles. The fourth-order valence-electron chi connectivity index (χ4n) is 0.838. The Bertz CT molecular complexity index is 401. The van der Waals surface area contributed by atoms with Gasteiger partial charge in [-0.15, -0.1) is 0 Å². The molecule has 76 valence electrons. The van der Waals surface area contributed by atoms with Crippen molar-refractivity contribution in [2.24, 2.45) is 5.73 Å². The fourth-order valence-corrected chi connectivity index (χ4v) is 1.66. The Hall–Kier alpha value is -1.30. The quantitative estimate of drug-likeness (QED) is 0.294. The molecule has 0 aromatic carbocycles. The average molecular weight is 212 g/mol. The molecule has 1 unspecified atom stereocenters. The van der Waals surface area contributed by atoms with Crippen molar-refractivity contribution < 1.29 is 0 Å². The Balaban J connectivity index is 2.87. The fraction of sp³-hybridized carbons (Fsp3) is 0.375. The molecule has 0 fully saturated rings. The van der Waals surface area contributed by atoms with Gasteiger partial charge in [0.15, 0.2) is 5.16 Å². The zero-order valence-electron chi connectivity index (χ0n) is 8.00. The predicted molar refractivity (Wildman–Crippen MR) is 56.8 cm³/mol. The molecule has 6 heteroatoms. The van der Waals surface area contributed by atoms with Crippen LogP contribution in [0.1, 0.15) is 12.6 Å². The Kier molecular flexibility index (Phi) is 3.29. The lowest BCUT2D eigenvalue weighted by atomic mass is 10.4. The van der Waals surface area contributed by atoms with E-state index in [0.29, 0.717) is 10.9 Å². The third-order valence-electron chi connectivity index (χ3n) is 1.57. The summed E-state index contributed by atoms with van der Waals surface area (Å²) >= 11 is 1.26. The van der Waals surface area contributed by atoms with Crippen molar-refractivity contribution >= 4 is 17.6 Å². The van der Waals surface area contributed by atoms with E-state index >= 15 is 0 Å². The second-order valence-corrected chi connectivity index (χ2v) is 4.24. The van der Waals surface area contributed by atoms with Gasteiger partial charge in [-0.3, -0.25) is 10.2 Å². The number of nitrogens with zero attached hydrogens (tertiary/aromatic N) is 1. The Morgan fingerprint density at radius 2 is 2.43 bits per heavy atom. The molecule has 0 bridgehead atoms. The van der Waals surface area contributed by atoms with E-state index in [4.69, 9.17) is 11.1 Å². The Morgan fingerprint density at radius 3 is 2.93 bits per heavy atom. The Labute approximate surface area is 85.6 Å². The van der Waals surface area contributed by atoms with Crippen LogP contribution in [0.4, 0.5) is 0 Å². The second-order valence-electron chi connectivity index (χ2n) is 2.91. The first kappa shape index (κ1) is 10.8. The highest BCUT2D eigenvalue weighted by Crippen LogP contribution is 2.17. The largest absolute Gasteiger partial charge is 0.387 e. The van der Waals surface area contributed by atoms with Crippen molar-refractivity contribution in [2.45, 2.75) is 24.3 Å². The Morgan fingerprint density at radius 1 is 1.79 bits per heavy atom. The number of nitrogens with two attached hydrogens (primary N) is 1. The predicted octanol–water partition coefficient (Wildman–Crippen LogP) is 0.495. The number of hydrogen-bond acceptors (Lipinski definition) is 4. The highest BCUT2D eigenvalue weighted by Gasteiger charge is 2.09. The van der Waals surface area contributed by atoms with E-state index < -0.39 is 0 Å². The minimum Gasteiger partial charge on any atom is -0.387 e. The van der Waals surface area contributed by atoms with Crippen LogP contribution in [0.25, 0.3) is 0 Å². The number of H-pyrrole nitrogens is 1. The van der Waals surface area contributed by atoms with Crippen LogP contribution in [0.15, 0.2) is 16.0 Å². The van der Waals surface area contributed by atoms with Crippen LogP contribution in [0.5, 0.6) is 0 Å². The molecule has 1 rings (SSSR count). The van der Waals surface area contributed by atoms with Crippen LogP contribution in [-0.2, 0) is 0 Å². The molecule has 0 spiro atoms. The molecule has 0 saturated carbocycles. The third-order valence-corrected chi connectivity index (χ3v) is 2.60. The van der Waals surface area contributed by atoms with Crippen molar-refractivity contribution in [2.75, 3.05) is 0 Å². The minimum atomic E-state index is -0.184. The average Bonchev–Trinajstić information content (AvgIpc) is 2.01. The van der Waals surface area contributed by atoms with E-state index in [2.05, 4.69) is 9.97 Å². The van der Waals surface area contributed by atoms with Crippen LogP contribution >= 0.6 is 11.8 Å². The normalized spacial score (nSPS) is 12.4. The summed E-state index contributed by atoms with van der Waals surface area (Å²) in [4.78, 5) is 17.8. The van der Waals surface area contributed by atoms with Gasteiger partial charge in [0.25, 0.3) is 5.56 Å². The molecule has 0 radical (unpaired) electrons. The zero-order chi connectivity index (χ0) is 10.7. The lowest BCUT2D eigenvalue weighted by Crippen LogP contribution is -2.22. The van der Waals surface area contributed by atoms with Crippen LogP contribution in [-0.4, -0.2) is 21.1 Å². The van der Waals surface area contributed by atoms with Gasteiger partial charge in [-0.05, 0) is 13.8 Å². The van der Waals surface area contributed by atoms with Crippen molar-refractivity contribution in [3.8, 4) is 0 Å². The first-order valence-corrected chi connectivity index (χ1v) is 4.95. The van der Waals surface area contributed by atoms with E-state index in [-0.39, 0.29) is 16.6 Å². The molecule has 1 atom stereocenters. The van der Waals surface area contributed by atoms with Crippen LogP contribution in [0.3, 0.4) is 0 Å². The van der Waals surface area contributed by atoms with E-state index in [9.17, 15) is 4.79 Å². The summed E-state index contributed by atoms with van der Waals surface area (Å²) in [5.41, 5.74) is 5.78. The molecule has 1 heterocycles. The van der Waals surface area contributed by atoms with Crippen molar-refractivity contribution in [3.63, 3.8) is 0 Å². The molecular formula is C8H12N4OS. The summed E-state index contributed by atoms with van der Waals surface area (Å²) in [6.45, 7) is 3.53. The number of aryl methyl sites for hydroxylation is 1. The maximum absolute atomic E-state index is 11.1. The van der Waals surface area contributed by atoms with Gasteiger partial charge in [0.1, 0.15) is 5.84 Å². The van der Waals surface area contributed by atoms with E-state index in [1.54, 1.807) is 13.8 Å². The molecule has 0 amide bonds. The number of amidine groups is 1. The molecule has 1 aromatic rings. The van der Waals surface area contributed by atoms with Gasteiger partial charge in [-0.1, -0.05) is 11.8 Å². The van der Waals surface area contributed by atoms with Gasteiger partial charge in [0, 0.05) is 11.8 Å². The lowest BCUT2D eigenvalue weighted by molar-refractivity contribution is 0.903. The standard InChI is InChI=1S/C8H12N4OS/c1-4-3-6(13)12-8(11-4)14-5(2)7(9)10/h3,5H,1-2H3,(H3,9,10)(H,11,12,13).